The molecule has 19 nitrogen and oxygen atoms in total. The number of nitrogens with one attached hydrogen (secondary N) is 1. The van der Waals surface area contributed by atoms with Crippen molar-refractivity contribution in [3.8, 4) is 0 Å². The Hall–Kier alpha value is -1.99. The van der Waals surface area contributed by atoms with E-state index in [-0.39, 0.29) is 18.9 Å². The Morgan fingerprint density at radius 3 is 1.46 bits per heavy atom. The maximum atomic E-state index is 13.2. The topological polar surface area (TPSA) is 307 Å². The predicted molar refractivity (Wildman–Crippen MR) is 259 cm³/mol. The van der Waals surface area contributed by atoms with E-state index >= 15 is 0 Å². The van der Waals surface area contributed by atoms with Gasteiger partial charge >= 0.3 is 0 Å². The Kier molecular flexibility index (Phi) is 32.1. The summed E-state index contributed by atoms with van der Waals surface area (Å²) in [5.74, 6) is -0.300. The highest BCUT2D eigenvalue weighted by atomic mass is 16.8. The molecule has 3 heterocycles. The molecule has 0 aromatic carbocycles. The molecule has 408 valence electrons. The van der Waals surface area contributed by atoms with Crippen molar-refractivity contribution in [3.05, 3.63) is 36.5 Å². The van der Waals surface area contributed by atoms with Gasteiger partial charge in [-0.2, -0.15) is 0 Å². The zero-order chi connectivity index (χ0) is 51.3. The Morgan fingerprint density at radius 2 is 0.914 bits per heavy atom. The summed E-state index contributed by atoms with van der Waals surface area (Å²) in [4.78, 5) is 13.2. The van der Waals surface area contributed by atoms with Gasteiger partial charge in [0.2, 0.25) is 5.91 Å². The van der Waals surface area contributed by atoms with Gasteiger partial charge in [0.1, 0.15) is 73.2 Å². The summed E-state index contributed by atoms with van der Waals surface area (Å²) in [5.41, 5.74) is 0. The fourth-order valence-corrected chi connectivity index (χ4v) is 8.73. The quantitative estimate of drug-likeness (QED) is 0.0316. The van der Waals surface area contributed by atoms with E-state index in [9.17, 15) is 61.0 Å². The average molecular weight is 1010 g/mol. The maximum absolute atomic E-state index is 13.2. The van der Waals surface area contributed by atoms with Crippen LogP contribution in [0.1, 0.15) is 149 Å². The lowest BCUT2D eigenvalue weighted by Crippen LogP contribution is -2.66. The van der Waals surface area contributed by atoms with Crippen LogP contribution in [0.4, 0.5) is 0 Å². The van der Waals surface area contributed by atoms with Gasteiger partial charge in [0.25, 0.3) is 0 Å². The van der Waals surface area contributed by atoms with Crippen LogP contribution in [0.5, 0.6) is 0 Å². The largest absolute Gasteiger partial charge is 0.394 e. The van der Waals surface area contributed by atoms with Gasteiger partial charge in [-0.05, 0) is 57.8 Å². The predicted octanol–water partition coefficient (Wildman–Crippen LogP) is 2.20. The average Bonchev–Trinajstić information content (AvgIpc) is 3.35. The smallest absolute Gasteiger partial charge is 0.220 e. The first-order valence-corrected chi connectivity index (χ1v) is 26.2. The molecule has 12 N–H and O–H groups in total. The van der Waals surface area contributed by atoms with Crippen LogP contribution < -0.4 is 5.32 Å². The van der Waals surface area contributed by atoms with Gasteiger partial charge in [-0.15, -0.1) is 0 Å². The number of hydrogen-bond acceptors (Lipinski definition) is 18. The molecule has 1 amide bonds. The lowest BCUT2D eigenvalue weighted by Gasteiger charge is -2.48. The molecule has 3 fully saturated rings. The van der Waals surface area contributed by atoms with E-state index in [1.807, 2.05) is 6.08 Å². The van der Waals surface area contributed by atoms with E-state index in [4.69, 9.17) is 28.4 Å². The number of carbonyl (C=O) groups is 1. The first kappa shape index (κ1) is 62.3. The summed E-state index contributed by atoms with van der Waals surface area (Å²) < 4.78 is 34.0. The zero-order valence-corrected chi connectivity index (χ0v) is 41.7. The molecule has 3 aliphatic heterocycles. The van der Waals surface area contributed by atoms with Crippen LogP contribution >= 0.6 is 0 Å². The van der Waals surface area contributed by atoms with E-state index in [1.54, 1.807) is 6.08 Å². The number of aliphatic hydroxyl groups is 11. The third kappa shape index (κ3) is 21.5. The highest BCUT2D eigenvalue weighted by Gasteiger charge is 2.53. The molecule has 3 aliphatic rings. The second-order valence-corrected chi connectivity index (χ2v) is 19.0. The lowest BCUT2D eigenvalue weighted by atomic mass is 9.96. The SMILES string of the molecule is CCCCC/C=C/CC/C=C/C(O)C(COC1OC(CO)C(OC2OC(CO)C(OC3OC(CO)C(O)C(O)C3O)C(O)C2O)C(O)C1O)NC(=O)CCCCCCC/C=C\CCCCCCCCC. The van der Waals surface area contributed by atoms with E-state index in [0.29, 0.717) is 12.8 Å². The molecule has 0 radical (unpaired) electrons. The van der Waals surface area contributed by atoms with Crippen LogP contribution in [0.25, 0.3) is 0 Å². The van der Waals surface area contributed by atoms with Crippen molar-refractivity contribution in [2.24, 2.45) is 0 Å². The van der Waals surface area contributed by atoms with Crippen molar-refractivity contribution >= 4 is 5.91 Å². The molecule has 3 rings (SSSR count). The molecule has 0 spiro atoms. The number of allylic oxidation sites excluding steroid dienone is 5. The summed E-state index contributed by atoms with van der Waals surface area (Å²) in [5, 5.41) is 119. The monoisotopic (exact) mass is 1010 g/mol. The molecule has 17 unspecified atom stereocenters. The number of hydrogen-bond donors (Lipinski definition) is 12. The van der Waals surface area contributed by atoms with E-state index in [0.717, 1.165) is 64.2 Å². The van der Waals surface area contributed by atoms with Gasteiger partial charge in [0, 0.05) is 6.42 Å². The van der Waals surface area contributed by atoms with Gasteiger partial charge in [-0.25, -0.2) is 0 Å². The van der Waals surface area contributed by atoms with Crippen molar-refractivity contribution < 1.29 is 89.4 Å². The lowest BCUT2D eigenvalue weighted by molar-refractivity contribution is -0.379. The minimum Gasteiger partial charge on any atom is -0.394 e. The molecule has 0 bridgehead atoms. The number of aliphatic hydroxyl groups excluding tert-OH is 11. The molecule has 0 aromatic heterocycles. The van der Waals surface area contributed by atoms with Gasteiger partial charge in [-0.1, -0.05) is 121 Å². The standard InChI is InChI=1S/C51H91NO18/c1-3-5-7-9-11-13-14-15-16-17-18-19-21-23-25-27-29-39(57)52-34(35(56)28-26-24-22-20-12-10-8-6-4-2)33-65-49-45(63)42(60)47(37(31-54)67-49)70-51-46(64)43(61)48(38(32-55)68-51)69-50-44(62)41(59)40(58)36(30-53)66-50/h12,16-17,20,26,28,34-38,40-51,53-56,58-64H,3-11,13-15,18-19,21-25,27,29-33H2,1-2H3,(H,52,57)/b17-16-,20-12+,28-26+. The molecule has 3 saturated heterocycles. The van der Waals surface area contributed by atoms with E-state index < -0.39 is 124 Å². The van der Waals surface area contributed by atoms with Crippen molar-refractivity contribution in [3.63, 3.8) is 0 Å². The molecular formula is C51H91NO18. The van der Waals surface area contributed by atoms with E-state index in [1.165, 1.54) is 51.4 Å². The molecule has 0 aromatic rings. The highest BCUT2D eigenvalue weighted by Crippen LogP contribution is 2.33. The fourth-order valence-electron chi connectivity index (χ4n) is 8.73. The molecular weight excluding hydrogens is 915 g/mol. The van der Waals surface area contributed by atoms with Crippen LogP contribution in [-0.2, 0) is 33.2 Å². The summed E-state index contributed by atoms with van der Waals surface area (Å²) in [6.07, 6.45) is 7.39. The van der Waals surface area contributed by atoms with Crippen molar-refractivity contribution in [2.45, 2.75) is 253 Å². The Morgan fingerprint density at radius 1 is 0.500 bits per heavy atom. The zero-order valence-electron chi connectivity index (χ0n) is 41.7. The van der Waals surface area contributed by atoms with Crippen LogP contribution in [0.2, 0.25) is 0 Å². The molecule has 0 saturated carbocycles. The minimum atomic E-state index is -1.98. The second kappa shape index (κ2) is 36.0. The van der Waals surface area contributed by atoms with Gasteiger partial charge in [-0.3, -0.25) is 4.79 Å². The molecule has 0 aliphatic carbocycles. The second-order valence-electron chi connectivity index (χ2n) is 19.0. The summed E-state index contributed by atoms with van der Waals surface area (Å²) in [6, 6.07) is -0.989. The van der Waals surface area contributed by atoms with Crippen LogP contribution in [-0.4, -0.2) is 193 Å². The Bertz CT molecular complexity index is 1440. The van der Waals surface area contributed by atoms with Crippen molar-refractivity contribution in [1.82, 2.24) is 5.32 Å². The summed E-state index contributed by atoms with van der Waals surface area (Å²) >= 11 is 0. The normalized spacial score (nSPS) is 32.8. The Balaban J connectivity index is 1.54. The van der Waals surface area contributed by atoms with Crippen molar-refractivity contribution in [1.29, 1.82) is 0 Å². The first-order valence-electron chi connectivity index (χ1n) is 26.2. The number of unbranched alkanes of at least 4 members (excludes halogenated alkanes) is 16. The molecule has 70 heavy (non-hydrogen) atoms. The highest BCUT2D eigenvalue weighted by molar-refractivity contribution is 5.76. The van der Waals surface area contributed by atoms with Gasteiger partial charge < -0.3 is 89.9 Å². The number of ether oxygens (including phenoxy) is 6. The number of carbonyl (C=O) groups excluding carboxylic acids is 1. The molecule has 17 atom stereocenters. The summed E-state index contributed by atoms with van der Waals surface area (Å²) in [7, 11) is 0. The molecule has 19 heteroatoms. The minimum absolute atomic E-state index is 0.225. The van der Waals surface area contributed by atoms with Crippen LogP contribution in [0.3, 0.4) is 0 Å². The Labute approximate surface area is 415 Å². The number of amides is 1. The van der Waals surface area contributed by atoms with Crippen molar-refractivity contribution in [2.75, 3.05) is 26.4 Å². The fraction of sp³-hybridized carbons (Fsp3) is 0.863. The van der Waals surface area contributed by atoms with E-state index in [2.05, 4.69) is 43.5 Å². The summed E-state index contributed by atoms with van der Waals surface area (Å²) in [6.45, 7) is 1.59. The van der Waals surface area contributed by atoms with Gasteiger partial charge in [0.05, 0.1) is 38.6 Å². The van der Waals surface area contributed by atoms with Crippen LogP contribution in [0.15, 0.2) is 36.5 Å². The third-order valence-electron chi connectivity index (χ3n) is 13.2. The van der Waals surface area contributed by atoms with Gasteiger partial charge in [0.15, 0.2) is 18.9 Å². The maximum Gasteiger partial charge on any atom is 0.220 e. The van der Waals surface area contributed by atoms with Crippen LogP contribution in [0, 0.1) is 0 Å². The third-order valence-corrected chi connectivity index (χ3v) is 13.2. The number of rotatable bonds is 36. The first-order chi connectivity index (χ1) is 33.8.